The van der Waals surface area contributed by atoms with Crippen molar-refractivity contribution in [1.29, 1.82) is 0 Å². The predicted octanol–water partition coefficient (Wildman–Crippen LogP) is 4.69. The minimum Gasteiger partial charge on any atom is -0.383 e. The lowest BCUT2D eigenvalue weighted by Crippen LogP contribution is -2.18. The molecule has 0 saturated carbocycles. The second-order valence-corrected chi connectivity index (χ2v) is 6.22. The fourth-order valence-electron chi connectivity index (χ4n) is 1.75. The van der Waals surface area contributed by atoms with E-state index in [2.05, 4.69) is 5.10 Å². The van der Waals surface area contributed by atoms with Crippen LogP contribution in [0.25, 0.3) is 5.69 Å². The van der Waals surface area contributed by atoms with Gasteiger partial charge >= 0.3 is 11.7 Å². The molecule has 0 spiro atoms. The van der Waals surface area contributed by atoms with E-state index in [1.54, 1.807) is 0 Å². The van der Waals surface area contributed by atoms with Crippen molar-refractivity contribution in [2.45, 2.75) is 16.6 Å². The minimum absolute atomic E-state index is 0.447. The van der Waals surface area contributed by atoms with E-state index in [-0.39, 0.29) is 0 Å². The number of nitrogen functional groups attached to an aromatic ring is 1. The maximum Gasteiger partial charge on any atom is 0.446 e. The third-order valence-corrected chi connectivity index (χ3v) is 4.07. The van der Waals surface area contributed by atoms with E-state index >= 15 is 0 Å². The molecular formula is C11H5Cl2F6N3OS. The number of rotatable bonds is 2. The van der Waals surface area contributed by atoms with Crippen molar-refractivity contribution in [2.75, 3.05) is 5.73 Å². The number of anilines is 1. The normalized spacial score (nSPS) is 12.7. The van der Waals surface area contributed by atoms with Crippen LogP contribution in [-0.4, -0.2) is 15.3 Å². The van der Waals surface area contributed by atoms with Crippen molar-refractivity contribution < 1.29 is 26.3 Å². The van der Waals surface area contributed by atoms with Crippen LogP contribution in [0.3, 0.4) is 0 Å². The van der Waals surface area contributed by atoms with Crippen LogP contribution in [0, 0.1) is 0 Å². The molecule has 0 amide bonds. The largest absolute Gasteiger partial charge is 0.446 e. The van der Waals surface area contributed by atoms with Gasteiger partial charge in [-0.1, -0.05) is 23.2 Å². The zero-order valence-electron chi connectivity index (χ0n) is 11.0. The Labute approximate surface area is 143 Å². The molecule has 0 aliphatic heterocycles. The quantitative estimate of drug-likeness (QED) is 0.556. The Morgan fingerprint density at radius 3 is 2.00 bits per heavy atom. The predicted molar refractivity (Wildman–Crippen MR) is 77.7 cm³/mol. The summed E-state index contributed by atoms with van der Waals surface area (Å²) in [4.78, 5) is 11.2. The van der Waals surface area contributed by atoms with Gasteiger partial charge in [0.25, 0.3) is 5.56 Å². The Morgan fingerprint density at radius 2 is 1.58 bits per heavy atom. The molecule has 132 valence electrons. The summed E-state index contributed by atoms with van der Waals surface area (Å²) in [5, 5.41) is 0.911. The van der Waals surface area contributed by atoms with Crippen molar-refractivity contribution in [1.82, 2.24) is 9.78 Å². The standard InChI is InChI=1S/C11H5Cl2F6N3OS/c12-4-1-3(10(14,15)16)2-5(13)6(4)22-9(23)7(8(20)21-22)24-11(17,18)19/h1-2,21H,20H2. The first kappa shape index (κ1) is 18.9. The van der Waals surface area contributed by atoms with Crippen LogP contribution >= 0.6 is 35.0 Å². The number of H-pyrrole nitrogens is 1. The third kappa shape index (κ3) is 3.78. The molecule has 0 unspecified atom stereocenters. The topological polar surface area (TPSA) is 63.8 Å². The number of thioether (sulfide) groups is 1. The Balaban J connectivity index is 2.62. The molecule has 13 heteroatoms. The summed E-state index contributed by atoms with van der Waals surface area (Å²) in [5.41, 5.74) is -2.35. The Morgan fingerprint density at radius 1 is 1.08 bits per heavy atom. The highest BCUT2D eigenvalue weighted by Gasteiger charge is 2.35. The molecule has 2 rings (SSSR count). The number of aromatic nitrogens is 2. The molecule has 0 aliphatic rings. The molecule has 2 aromatic rings. The molecular weight excluding hydrogens is 407 g/mol. The van der Waals surface area contributed by atoms with Gasteiger partial charge in [-0.3, -0.25) is 9.89 Å². The minimum atomic E-state index is -4.79. The first-order valence-corrected chi connectivity index (χ1v) is 7.31. The molecule has 0 bridgehead atoms. The van der Waals surface area contributed by atoms with Crippen LogP contribution in [0.15, 0.2) is 21.8 Å². The lowest BCUT2D eigenvalue weighted by atomic mass is 10.2. The Hall–Kier alpha value is -1.46. The number of nitrogens with two attached hydrogens (primary N) is 1. The highest BCUT2D eigenvalue weighted by molar-refractivity contribution is 8.00. The monoisotopic (exact) mass is 411 g/mol. The summed E-state index contributed by atoms with van der Waals surface area (Å²) >= 11 is 10.6. The fourth-order valence-corrected chi connectivity index (χ4v) is 2.98. The van der Waals surface area contributed by atoms with Crippen LogP contribution < -0.4 is 11.3 Å². The van der Waals surface area contributed by atoms with Crippen LogP contribution in [-0.2, 0) is 6.18 Å². The summed E-state index contributed by atoms with van der Waals surface area (Å²) in [6.07, 6.45) is -4.75. The van der Waals surface area contributed by atoms with Crippen molar-refractivity contribution >= 4 is 40.8 Å². The number of alkyl halides is 6. The number of halogens is 8. The van der Waals surface area contributed by atoms with Crippen LogP contribution in [0.5, 0.6) is 0 Å². The lowest BCUT2D eigenvalue weighted by molar-refractivity contribution is -0.137. The molecule has 0 fully saturated rings. The lowest BCUT2D eigenvalue weighted by Gasteiger charge is -2.12. The van der Waals surface area contributed by atoms with Gasteiger partial charge in [-0.15, -0.1) is 0 Å². The maximum atomic E-state index is 12.7. The first-order valence-electron chi connectivity index (χ1n) is 5.74. The number of aromatic amines is 1. The van der Waals surface area contributed by atoms with Gasteiger partial charge in [0.2, 0.25) is 0 Å². The SMILES string of the molecule is Nc1[nH]n(-c2c(Cl)cc(C(F)(F)F)cc2Cl)c(=O)c1SC(F)(F)F. The van der Waals surface area contributed by atoms with E-state index in [9.17, 15) is 31.1 Å². The molecule has 1 aromatic heterocycles. The number of hydrogen-bond donors (Lipinski definition) is 2. The molecule has 3 N–H and O–H groups in total. The van der Waals surface area contributed by atoms with Crippen LogP contribution in [0.4, 0.5) is 32.2 Å². The van der Waals surface area contributed by atoms with E-state index < -0.39 is 61.0 Å². The van der Waals surface area contributed by atoms with E-state index in [0.717, 1.165) is 0 Å². The van der Waals surface area contributed by atoms with Gasteiger partial charge in [0.1, 0.15) is 16.4 Å². The van der Waals surface area contributed by atoms with Gasteiger partial charge in [0.15, 0.2) is 0 Å². The highest BCUT2D eigenvalue weighted by Crippen LogP contribution is 2.40. The van der Waals surface area contributed by atoms with Gasteiger partial charge in [-0.25, -0.2) is 4.68 Å². The summed E-state index contributed by atoms with van der Waals surface area (Å²) in [6.45, 7) is 0. The molecule has 0 aliphatic carbocycles. The van der Waals surface area contributed by atoms with Crippen molar-refractivity contribution in [2.24, 2.45) is 0 Å². The average molecular weight is 412 g/mol. The average Bonchev–Trinajstić information content (AvgIpc) is 2.63. The molecule has 1 heterocycles. The zero-order chi connectivity index (χ0) is 18.4. The zero-order valence-corrected chi connectivity index (χ0v) is 13.3. The summed E-state index contributed by atoms with van der Waals surface area (Å²) in [6, 6.07) is 0.978. The van der Waals surface area contributed by atoms with E-state index in [1.807, 2.05) is 0 Å². The number of benzene rings is 1. The Bertz CT molecular complexity index is 819. The number of nitrogens with one attached hydrogen (secondary N) is 1. The van der Waals surface area contributed by atoms with Crippen molar-refractivity contribution in [3.05, 3.63) is 38.1 Å². The summed E-state index contributed by atoms with van der Waals surface area (Å²) in [7, 11) is 0. The van der Waals surface area contributed by atoms with Gasteiger partial charge < -0.3 is 5.73 Å². The molecule has 0 saturated heterocycles. The second-order valence-electron chi connectivity index (χ2n) is 4.33. The fraction of sp³-hybridized carbons (Fsp3) is 0.182. The van der Waals surface area contributed by atoms with Gasteiger partial charge in [-0.05, 0) is 23.9 Å². The molecule has 24 heavy (non-hydrogen) atoms. The van der Waals surface area contributed by atoms with E-state index in [1.165, 1.54) is 0 Å². The van der Waals surface area contributed by atoms with Crippen LogP contribution in [0.2, 0.25) is 10.0 Å². The van der Waals surface area contributed by atoms with E-state index in [0.29, 0.717) is 16.8 Å². The molecule has 4 nitrogen and oxygen atoms in total. The Kier molecular flexibility index (Phi) is 4.81. The van der Waals surface area contributed by atoms with Gasteiger partial charge in [-0.2, -0.15) is 26.3 Å². The van der Waals surface area contributed by atoms with Crippen molar-refractivity contribution in [3.8, 4) is 5.69 Å². The molecule has 0 atom stereocenters. The molecule has 1 aromatic carbocycles. The maximum absolute atomic E-state index is 12.7. The smallest absolute Gasteiger partial charge is 0.383 e. The first-order chi connectivity index (χ1) is 10.8. The van der Waals surface area contributed by atoms with E-state index in [4.69, 9.17) is 28.9 Å². The van der Waals surface area contributed by atoms with Crippen molar-refractivity contribution in [3.63, 3.8) is 0 Å². The molecule has 0 radical (unpaired) electrons. The summed E-state index contributed by atoms with van der Waals surface area (Å²) in [5.74, 6) is -0.630. The highest BCUT2D eigenvalue weighted by atomic mass is 35.5. The van der Waals surface area contributed by atoms with Crippen LogP contribution in [0.1, 0.15) is 5.56 Å². The second kappa shape index (κ2) is 6.12. The van der Waals surface area contributed by atoms with Gasteiger partial charge in [0.05, 0.1) is 15.6 Å². The number of hydrogen-bond acceptors (Lipinski definition) is 3. The summed E-state index contributed by atoms with van der Waals surface area (Å²) < 4.78 is 75.7. The number of nitrogens with zero attached hydrogens (tertiary/aromatic N) is 1. The third-order valence-electron chi connectivity index (χ3n) is 2.66. The van der Waals surface area contributed by atoms with Gasteiger partial charge in [0, 0.05) is 0 Å².